The van der Waals surface area contributed by atoms with Crippen molar-refractivity contribution >= 4 is 29.4 Å². The number of hydrogen-bond donors (Lipinski definition) is 1. The van der Waals surface area contributed by atoms with Crippen LogP contribution in [-0.4, -0.2) is 6.21 Å². The minimum atomic E-state index is 0.489. The Morgan fingerprint density at radius 1 is 0.923 bits per heavy atom. The molecule has 0 aliphatic heterocycles. The first-order chi connectivity index (χ1) is 12.7. The highest BCUT2D eigenvalue weighted by molar-refractivity contribution is 6.31. The second kappa shape index (κ2) is 9.27. The second-order valence-corrected chi connectivity index (χ2v) is 6.52. The Hall–Kier alpha value is -2.49. The Labute approximate surface area is 163 Å². The third kappa shape index (κ3) is 5.51. The molecule has 3 rings (SSSR count). The minimum absolute atomic E-state index is 0.489. The van der Waals surface area contributed by atoms with E-state index in [9.17, 15) is 0 Å². The highest BCUT2D eigenvalue weighted by Gasteiger charge is 1.99. The SMILES string of the molecule is Clc1ccc(COc2cccc(/C=N\NCc3ccccc3Cl)c2)cc1. The molecule has 0 aromatic heterocycles. The molecule has 0 saturated heterocycles. The van der Waals surface area contributed by atoms with Crippen LogP contribution in [-0.2, 0) is 13.2 Å². The molecular formula is C21H18Cl2N2O. The Morgan fingerprint density at radius 2 is 1.73 bits per heavy atom. The van der Waals surface area contributed by atoms with Crippen molar-refractivity contribution in [3.05, 3.63) is 99.5 Å². The van der Waals surface area contributed by atoms with Crippen molar-refractivity contribution in [3.8, 4) is 5.75 Å². The van der Waals surface area contributed by atoms with E-state index in [1.165, 1.54) is 0 Å². The van der Waals surface area contributed by atoms with Gasteiger partial charge in [0.25, 0.3) is 0 Å². The molecular weight excluding hydrogens is 367 g/mol. The number of hydrazone groups is 1. The smallest absolute Gasteiger partial charge is 0.120 e. The molecule has 26 heavy (non-hydrogen) atoms. The average molecular weight is 385 g/mol. The minimum Gasteiger partial charge on any atom is -0.489 e. The Balaban J connectivity index is 1.53. The lowest BCUT2D eigenvalue weighted by molar-refractivity contribution is 0.306. The zero-order valence-corrected chi connectivity index (χ0v) is 15.5. The van der Waals surface area contributed by atoms with Gasteiger partial charge in [-0.3, -0.25) is 0 Å². The lowest BCUT2D eigenvalue weighted by atomic mass is 10.2. The van der Waals surface area contributed by atoms with Gasteiger partial charge in [-0.15, -0.1) is 0 Å². The highest BCUT2D eigenvalue weighted by atomic mass is 35.5. The van der Waals surface area contributed by atoms with Crippen LogP contribution in [0.3, 0.4) is 0 Å². The van der Waals surface area contributed by atoms with Gasteiger partial charge in [0.1, 0.15) is 12.4 Å². The van der Waals surface area contributed by atoms with Gasteiger partial charge in [0.05, 0.1) is 12.8 Å². The summed E-state index contributed by atoms with van der Waals surface area (Å²) in [5.41, 5.74) is 6.03. The van der Waals surface area contributed by atoms with Crippen LogP contribution >= 0.6 is 23.2 Å². The van der Waals surface area contributed by atoms with Crippen LogP contribution in [0.15, 0.2) is 77.9 Å². The van der Waals surface area contributed by atoms with Crippen LogP contribution in [0.25, 0.3) is 0 Å². The van der Waals surface area contributed by atoms with Gasteiger partial charge in [-0.1, -0.05) is 65.7 Å². The summed E-state index contributed by atoms with van der Waals surface area (Å²) in [5.74, 6) is 0.787. The molecule has 0 atom stereocenters. The third-order valence-electron chi connectivity index (χ3n) is 3.71. The number of benzene rings is 3. The van der Waals surface area contributed by atoms with E-state index in [2.05, 4.69) is 10.5 Å². The summed E-state index contributed by atoms with van der Waals surface area (Å²) in [4.78, 5) is 0. The van der Waals surface area contributed by atoms with Crippen molar-refractivity contribution < 1.29 is 4.74 Å². The first-order valence-corrected chi connectivity index (χ1v) is 8.93. The number of nitrogens with zero attached hydrogens (tertiary/aromatic N) is 1. The molecule has 0 amide bonds. The quantitative estimate of drug-likeness (QED) is 0.418. The molecule has 0 heterocycles. The average Bonchev–Trinajstić information content (AvgIpc) is 2.66. The number of hydrogen-bond acceptors (Lipinski definition) is 3. The molecule has 3 nitrogen and oxygen atoms in total. The van der Waals surface area contributed by atoms with Crippen LogP contribution in [0.4, 0.5) is 0 Å². The fraction of sp³-hybridized carbons (Fsp3) is 0.0952. The lowest BCUT2D eigenvalue weighted by Gasteiger charge is -2.07. The molecule has 1 N–H and O–H groups in total. The van der Waals surface area contributed by atoms with Crippen molar-refractivity contribution in [1.82, 2.24) is 5.43 Å². The molecule has 0 radical (unpaired) electrons. The van der Waals surface area contributed by atoms with E-state index in [4.69, 9.17) is 27.9 Å². The molecule has 5 heteroatoms. The number of rotatable bonds is 7. The maximum Gasteiger partial charge on any atom is 0.120 e. The summed E-state index contributed by atoms with van der Waals surface area (Å²) < 4.78 is 5.82. The molecule has 0 unspecified atom stereocenters. The van der Waals surface area contributed by atoms with E-state index in [1.54, 1.807) is 6.21 Å². The summed E-state index contributed by atoms with van der Waals surface area (Å²) in [6.07, 6.45) is 1.76. The standard InChI is InChI=1S/C21H18Cl2N2O/c22-19-10-8-16(9-11-19)15-26-20-6-3-4-17(12-20)13-24-25-14-18-5-1-2-7-21(18)23/h1-13,25H,14-15H2/b24-13-. The Morgan fingerprint density at radius 3 is 2.54 bits per heavy atom. The fourth-order valence-corrected chi connectivity index (χ4v) is 2.65. The molecule has 132 valence electrons. The maximum absolute atomic E-state index is 6.12. The van der Waals surface area contributed by atoms with Gasteiger partial charge in [-0.25, -0.2) is 0 Å². The van der Waals surface area contributed by atoms with Gasteiger partial charge >= 0.3 is 0 Å². The first-order valence-electron chi connectivity index (χ1n) is 8.17. The van der Waals surface area contributed by atoms with Crippen LogP contribution in [0, 0.1) is 0 Å². The Bertz CT molecular complexity index is 879. The number of nitrogens with one attached hydrogen (secondary N) is 1. The molecule has 0 aliphatic rings. The highest BCUT2D eigenvalue weighted by Crippen LogP contribution is 2.16. The van der Waals surface area contributed by atoms with Gasteiger partial charge in [-0.05, 0) is 47.0 Å². The molecule has 0 aliphatic carbocycles. The molecule has 0 bridgehead atoms. The summed E-state index contributed by atoms with van der Waals surface area (Å²) in [6, 6.07) is 23.1. The molecule has 3 aromatic carbocycles. The summed E-state index contributed by atoms with van der Waals surface area (Å²) >= 11 is 12.0. The predicted molar refractivity (Wildman–Crippen MR) is 108 cm³/mol. The normalized spacial score (nSPS) is 10.8. The van der Waals surface area contributed by atoms with Crippen LogP contribution in [0.2, 0.25) is 10.0 Å². The van der Waals surface area contributed by atoms with Gasteiger partial charge < -0.3 is 10.2 Å². The second-order valence-electron chi connectivity index (χ2n) is 5.67. The maximum atomic E-state index is 6.12. The summed E-state index contributed by atoms with van der Waals surface area (Å²) in [7, 11) is 0. The van der Waals surface area contributed by atoms with E-state index in [0.29, 0.717) is 13.2 Å². The van der Waals surface area contributed by atoms with Crippen LogP contribution < -0.4 is 10.2 Å². The van der Waals surface area contributed by atoms with Crippen molar-refractivity contribution in [2.24, 2.45) is 5.10 Å². The van der Waals surface area contributed by atoms with Crippen molar-refractivity contribution in [1.29, 1.82) is 0 Å². The molecule has 3 aromatic rings. The number of halogens is 2. The Kier molecular flexibility index (Phi) is 6.53. The van der Waals surface area contributed by atoms with E-state index in [1.807, 2.05) is 72.8 Å². The van der Waals surface area contributed by atoms with E-state index >= 15 is 0 Å². The van der Waals surface area contributed by atoms with Crippen molar-refractivity contribution in [2.45, 2.75) is 13.2 Å². The largest absolute Gasteiger partial charge is 0.489 e. The predicted octanol–water partition coefficient (Wildman–Crippen LogP) is 5.70. The lowest BCUT2D eigenvalue weighted by Crippen LogP contribution is -2.06. The number of ether oxygens (including phenoxy) is 1. The zero-order valence-electron chi connectivity index (χ0n) is 14.0. The van der Waals surface area contributed by atoms with Gasteiger partial charge in [0, 0.05) is 10.0 Å². The van der Waals surface area contributed by atoms with E-state index in [0.717, 1.165) is 32.5 Å². The zero-order chi connectivity index (χ0) is 18.2. The van der Waals surface area contributed by atoms with E-state index in [-0.39, 0.29) is 0 Å². The van der Waals surface area contributed by atoms with Gasteiger partial charge in [0.2, 0.25) is 0 Å². The van der Waals surface area contributed by atoms with E-state index < -0.39 is 0 Å². The summed E-state index contributed by atoms with van der Waals surface area (Å²) in [6.45, 7) is 1.06. The van der Waals surface area contributed by atoms with Crippen LogP contribution in [0.1, 0.15) is 16.7 Å². The van der Waals surface area contributed by atoms with Crippen LogP contribution in [0.5, 0.6) is 5.75 Å². The molecule has 0 spiro atoms. The monoisotopic (exact) mass is 384 g/mol. The van der Waals surface area contributed by atoms with Crippen molar-refractivity contribution in [2.75, 3.05) is 0 Å². The summed E-state index contributed by atoms with van der Waals surface area (Å²) in [5, 5.41) is 5.69. The molecule has 0 fully saturated rings. The van der Waals surface area contributed by atoms with Gasteiger partial charge in [0.15, 0.2) is 0 Å². The fourth-order valence-electron chi connectivity index (χ4n) is 2.32. The van der Waals surface area contributed by atoms with Gasteiger partial charge in [-0.2, -0.15) is 5.10 Å². The third-order valence-corrected chi connectivity index (χ3v) is 4.33. The molecule has 0 saturated carbocycles. The first kappa shape index (κ1) is 18.3. The topological polar surface area (TPSA) is 33.6 Å². The van der Waals surface area contributed by atoms with Crippen molar-refractivity contribution in [3.63, 3.8) is 0 Å².